The zero-order valence-electron chi connectivity index (χ0n) is 8.83. The molecule has 15 heavy (non-hydrogen) atoms. The Morgan fingerprint density at radius 3 is 3.00 bits per heavy atom. The van der Waals surface area contributed by atoms with Crippen molar-refractivity contribution in [1.29, 1.82) is 0 Å². The Morgan fingerprint density at radius 2 is 2.33 bits per heavy atom. The second-order valence-corrected chi connectivity index (χ2v) is 4.35. The molecule has 0 amide bonds. The Balaban J connectivity index is 2.28. The zero-order chi connectivity index (χ0) is 10.9. The van der Waals surface area contributed by atoms with Crippen LogP contribution in [0.25, 0.3) is 0 Å². The van der Waals surface area contributed by atoms with E-state index in [-0.39, 0.29) is 11.9 Å². The molecule has 1 aromatic rings. The fourth-order valence-corrected chi connectivity index (χ4v) is 2.25. The third-order valence-electron chi connectivity index (χ3n) is 3.04. The molecule has 1 aliphatic heterocycles. The van der Waals surface area contributed by atoms with Crippen molar-refractivity contribution in [2.75, 3.05) is 6.54 Å². The molecule has 3 heteroatoms. The van der Waals surface area contributed by atoms with Crippen LogP contribution in [0.1, 0.15) is 25.3 Å². The van der Waals surface area contributed by atoms with Gasteiger partial charge in [0.05, 0.1) is 5.60 Å². The summed E-state index contributed by atoms with van der Waals surface area (Å²) in [5, 5.41) is 13.7. The number of hydrogen-bond donors (Lipinski definition) is 2. The van der Waals surface area contributed by atoms with Crippen molar-refractivity contribution in [2.45, 2.75) is 31.4 Å². The van der Waals surface area contributed by atoms with E-state index in [1.807, 2.05) is 6.92 Å². The lowest BCUT2D eigenvalue weighted by Crippen LogP contribution is -2.44. The van der Waals surface area contributed by atoms with Gasteiger partial charge in [-0.25, -0.2) is 4.39 Å². The molecule has 0 bridgehead atoms. The topological polar surface area (TPSA) is 32.3 Å². The summed E-state index contributed by atoms with van der Waals surface area (Å²) in [5.74, 6) is -0.285. The van der Waals surface area contributed by atoms with Gasteiger partial charge in [0.15, 0.2) is 0 Å². The number of benzene rings is 1. The van der Waals surface area contributed by atoms with Gasteiger partial charge in [-0.05, 0) is 44.0 Å². The normalized spacial score (nSPS) is 31.5. The minimum atomic E-state index is -0.868. The third-order valence-corrected chi connectivity index (χ3v) is 3.04. The van der Waals surface area contributed by atoms with E-state index in [4.69, 9.17) is 0 Å². The molecule has 2 unspecified atom stereocenters. The number of rotatable bonds is 1. The second-order valence-electron chi connectivity index (χ2n) is 4.35. The van der Waals surface area contributed by atoms with Crippen LogP contribution in [0.3, 0.4) is 0 Å². The standard InChI is InChI=1S/C12H16FNO/c1-9-8-12(15,5-6-14-9)10-3-2-4-11(13)7-10/h2-4,7,9,14-15H,5-6,8H2,1H3. The zero-order valence-corrected chi connectivity index (χ0v) is 8.83. The summed E-state index contributed by atoms with van der Waals surface area (Å²) in [4.78, 5) is 0. The second kappa shape index (κ2) is 3.91. The maximum Gasteiger partial charge on any atom is 0.123 e. The van der Waals surface area contributed by atoms with Gasteiger partial charge in [-0.15, -0.1) is 0 Å². The third kappa shape index (κ3) is 2.19. The number of piperidine rings is 1. The van der Waals surface area contributed by atoms with Gasteiger partial charge < -0.3 is 10.4 Å². The Kier molecular flexibility index (Phi) is 2.76. The summed E-state index contributed by atoms with van der Waals surface area (Å²) in [6.45, 7) is 2.80. The minimum absolute atomic E-state index is 0.270. The number of nitrogens with one attached hydrogen (secondary N) is 1. The molecule has 0 aromatic heterocycles. The number of hydrogen-bond acceptors (Lipinski definition) is 2. The highest BCUT2D eigenvalue weighted by molar-refractivity contribution is 5.24. The molecular weight excluding hydrogens is 193 g/mol. The largest absolute Gasteiger partial charge is 0.385 e. The van der Waals surface area contributed by atoms with Crippen LogP contribution < -0.4 is 5.32 Å². The van der Waals surface area contributed by atoms with E-state index in [0.717, 1.165) is 6.54 Å². The molecule has 1 aliphatic rings. The van der Waals surface area contributed by atoms with Crippen molar-refractivity contribution in [3.05, 3.63) is 35.6 Å². The van der Waals surface area contributed by atoms with Crippen molar-refractivity contribution in [2.24, 2.45) is 0 Å². The van der Waals surface area contributed by atoms with Gasteiger partial charge in [0.25, 0.3) is 0 Å². The van der Waals surface area contributed by atoms with E-state index in [9.17, 15) is 9.50 Å². The molecule has 1 aromatic carbocycles. The molecule has 0 saturated carbocycles. The first-order valence-corrected chi connectivity index (χ1v) is 5.32. The Morgan fingerprint density at radius 1 is 1.53 bits per heavy atom. The molecule has 2 rings (SSSR count). The summed E-state index contributed by atoms with van der Waals surface area (Å²) < 4.78 is 13.1. The summed E-state index contributed by atoms with van der Waals surface area (Å²) in [6, 6.07) is 6.54. The van der Waals surface area contributed by atoms with Gasteiger partial charge in [0.1, 0.15) is 5.82 Å². The van der Waals surface area contributed by atoms with Crippen molar-refractivity contribution < 1.29 is 9.50 Å². The number of halogens is 1. The first-order chi connectivity index (χ1) is 7.10. The molecule has 0 aliphatic carbocycles. The molecule has 82 valence electrons. The van der Waals surface area contributed by atoms with Crippen LogP contribution in [0.2, 0.25) is 0 Å². The van der Waals surface area contributed by atoms with Gasteiger partial charge in [0, 0.05) is 6.04 Å². The van der Waals surface area contributed by atoms with E-state index >= 15 is 0 Å². The minimum Gasteiger partial charge on any atom is -0.385 e. The molecule has 1 heterocycles. The van der Waals surface area contributed by atoms with Crippen LogP contribution in [-0.2, 0) is 5.60 Å². The van der Waals surface area contributed by atoms with E-state index in [1.165, 1.54) is 12.1 Å². The van der Waals surface area contributed by atoms with E-state index in [2.05, 4.69) is 5.32 Å². The maximum absolute atomic E-state index is 13.1. The average molecular weight is 209 g/mol. The smallest absolute Gasteiger partial charge is 0.123 e. The van der Waals surface area contributed by atoms with Crippen molar-refractivity contribution in [1.82, 2.24) is 5.32 Å². The quantitative estimate of drug-likeness (QED) is 0.739. The molecule has 1 saturated heterocycles. The summed E-state index contributed by atoms with van der Waals surface area (Å²) >= 11 is 0. The molecular formula is C12H16FNO. The van der Waals surface area contributed by atoms with E-state index in [1.54, 1.807) is 12.1 Å². The lowest BCUT2D eigenvalue weighted by Gasteiger charge is -2.36. The summed E-state index contributed by atoms with van der Waals surface area (Å²) in [6.07, 6.45) is 1.28. The fourth-order valence-electron chi connectivity index (χ4n) is 2.25. The highest BCUT2D eigenvalue weighted by Crippen LogP contribution is 2.32. The van der Waals surface area contributed by atoms with E-state index < -0.39 is 5.60 Å². The summed E-state index contributed by atoms with van der Waals surface area (Å²) in [7, 11) is 0. The lowest BCUT2D eigenvalue weighted by molar-refractivity contribution is -0.00671. The Hall–Kier alpha value is -0.930. The molecule has 0 spiro atoms. The molecule has 2 nitrogen and oxygen atoms in total. The molecule has 0 radical (unpaired) electrons. The predicted octanol–water partition coefficient (Wildman–Crippen LogP) is 1.79. The van der Waals surface area contributed by atoms with Crippen LogP contribution in [0.15, 0.2) is 24.3 Å². The van der Waals surface area contributed by atoms with E-state index in [0.29, 0.717) is 18.4 Å². The Bertz CT molecular complexity index is 355. The van der Waals surface area contributed by atoms with Gasteiger partial charge in [0.2, 0.25) is 0 Å². The Labute approximate surface area is 89.1 Å². The fraction of sp³-hybridized carbons (Fsp3) is 0.500. The van der Waals surface area contributed by atoms with Crippen LogP contribution in [0.5, 0.6) is 0 Å². The van der Waals surface area contributed by atoms with Crippen molar-refractivity contribution >= 4 is 0 Å². The van der Waals surface area contributed by atoms with Gasteiger partial charge >= 0.3 is 0 Å². The van der Waals surface area contributed by atoms with Crippen LogP contribution in [0.4, 0.5) is 4.39 Å². The van der Waals surface area contributed by atoms with Crippen molar-refractivity contribution in [3.8, 4) is 0 Å². The maximum atomic E-state index is 13.1. The van der Waals surface area contributed by atoms with Crippen LogP contribution in [-0.4, -0.2) is 17.7 Å². The van der Waals surface area contributed by atoms with Gasteiger partial charge in [-0.2, -0.15) is 0 Å². The first-order valence-electron chi connectivity index (χ1n) is 5.32. The lowest BCUT2D eigenvalue weighted by atomic mass is 9.82. The molecule has 2 N–H and O–H groups in total. The monoisotopic (exact) mass is 209 g/mol. The molecule has 2 atom stereocenters. The molecule has 1 fully saturated rings. The van der Waals surface area contributed by atoms with Crippen molar-refractivity contribution in [3.63, 3.8) is 0 Å². The summed E-state index contributed by atoms with van der Waals surface area (Å²) in [5.41, 5.74) is -0.178. The van der Waals surface area contributed by atoms with Crippen LogP contribution >= 0.6 is 0 Å². The van der Waals surface area contributed by atoms with Gasteiger partial charge in [-0.1, -0.05) is 12.1 Å². The SMILES string of the molecule is CC1CC(O)(c2cccc(F)c2)CCN1. The first kappa shape index (κ1) is 10.6. The van der Waals surface area contributed by atoms with Crippen LogP contribution in [0, 0.1) is 5.82 Å². The number of aliphatic hydroxyl groups is 1. The average Bonchev–Trinajstić information content (AvgIpc) is 2.17. The highest BCUT2D eigenvalue weighted by Gasteiger charge is 2.34. The predicted molar refractivity (Wildman–Crippen MR) is 57.0 cm³/mol. The highest BCUT2D eigenvalue weighted by atomic mass is 19.1. The van der Waals surface area contributed by atoms with Gasteiger partial charge in [-0.3, -0.25) is 0 Å².